The summed E-state index contributed by atoms with van der Waals surface area (Å²) in [5.41, 5.74) is 5.80. The minimum absolute atomic E-state index is 0.230. The van der Waals surface area contributed by atoms with Gasteiger partial charge in [0, 0.05) is 0 Å². The molecular weight excluding hydrogens is 253 g/mol. The molecule has 0 unspecified atom stereocenters. The Morgan fingerprint density at radius 3 is 2.78 bits per heavy atom. The van der Waals surface area contributed by atoms with E-state index in [-0.39, 0.29) is 11.7 Å². The van der Waals surface area contributed by atoms with E-state index in [9.17, 15) is 4.39 Å². The summed E-state index contributed by atoms with van der Waals surface area (Å²) >= 11 is 1.25. The molecule has 1 saturated carbocycles. The van der Waals surface area contributed by atoms with E-state index in [2.05, 4.69) is 10.1 Å². The molecule has 0 amide bonds. The molecule has 2 aromatic heterocycles. The van der Waals surface area contributed by atoms with Crippen molar-refractivity contribution in [2.75, 3.05) is 0 Å². The van der Waals surface area contributed by atoms with Gasteiger partial charge in [0.25, 0.3) is 5.89 Å². The number of nitrogens with two attached hydrogens (primary N) is 1. The highest BCUT2D eigenvalue weighted by molar-refractivity contribution is 7.13. The first-order valence-corrected chi connectivity index (χ1v) is 6.93. The van der Waals surface area contributed by atoms with Gasteiger partial charge in [-0.1, -0.05) is 24.4 Å². The number of nitrogens with zero attached hydrogens (tertiary/aromatic N) is 2. The summed E-state index contributed by atoms with van der Waals surface area (Å²) in [4.78, 5) is 4.66. The van der Waals surface area contributed by atoms with Crippen LogP contribution < -0.4 is 5.73 Å². The molecule has 2 aromatic rings. The van der Waals surface area contributed by atoms with Gasteiger partial charge in [-0.15, -0.1) is 11.3 Å². The maximum atomic E-state index is 13.4. The van der Waals surface area contributed by atoms with E-state index in [1.54, 1.807) is 5.38 Å². The van der Waals surface area contributed by atoms with Crippen LogP contribution in [0, 0.1) is 5.82 Å². The maximum absolute atomic E-state index is 13.4. The Bertz CT molecular complexity index is 545. The van der Waals surface area contributed by atoms with Gasteiger partial charge in [0.1, 0.15) is 10.7 Å². The van der Waals surface area contributed by atoms with Gasteiger partial charge in [-0.05, 0) is 24.3 Å². The van der Waals surface area contributed by atoms with Crippen molar-refractivity contribution >= 4 is 11.3 Å². The number of aromatic nitrogens is 2. The van der Waals surface area contributed by atoms with E-state index in [0.717, 1.165) is 25.7 Å². The summed E-state index contributed by atoms with van der Waals surface area (Å²) in [6.07, 6.45) is 5.07. The number of halogens is 1. The predicted molar refractivity (Wildman–Crippen MR) is 66.5 cm³/mol. The molecule has 0 atom stereocenters. The molecule has 1 aliphatic rings. The van der Waals surface area contributed by atoms with E-state index < -0.39 is 5.54 Å². The van der Waals surface area contributed by atoms with Gasteiger partial charge in [-0.2, -0.15) is 4.98 Å². The minimum Gasteiger partial charge on any atom is -0.333 e. The zero-order valence-electron chi connectivity index (χ0n) is 9.86. The molecule has 3 rings (SSSR count). The first kappa shape index (κ1) is 11.8. The van der Waals surface area contributed by atoms with Crippen LogP contribution in [0.5, 0.6) is 0 Å². The van der Waals surface area contributed by atoms with E-state index in [0.29, 0.717) is 10.7 Å². The number of hydrogen-bond donors (Lipinski definition) is 1. The molecule has 1 aliphatic carbocycles. The van der Waals surface area contributed by atoms with Gasteiger partial charge in [0.2, 0.25) is 0 Å². The molecule has 96 valence electrons. The van der Waals surface area contributed by atoms with Crippen molar-refractivity contribution in [1.82, 2.24) is 10.1 Å². The van der Waals surface area contributed by atoms with Gasteiger partial charge in [0.05, 0.1) is 5.54 Å². The molecule has 6 heteroatoms. The fraction of sp³-hybridized carbons (Fsp3) is 0.500. The van der Waals surface area contributed by atoms with Crippen molar-refractivity contribution in [2.24, 2.45) is 5.73 Å². The molecule has 1 fully saturated rings. The third kappa shape index (κ3) is 1.95. The molecule has 0 saturated heterocycles. The van der Waals surface area contributed by atoms with Crippen LogP contribution in [-0.2, 0) is 5.54 Å². The minimum atomic E-state index is -0.506. The van der Waals surface area contributed by atoms with Crippen LogP contribution in [0.15, 0.2) is 16.0 Å². The highest BCUT2D eigenvalue weighted by Crippen LogP contribution is 2.35. The summed E-state index contributed by atoms with van der Waals surface area (Å²) < 4.78 is 18.6. The Balaban J connectivity index is 1.92. The Morgan fingerprint density at radius 1 is 1.33 bits per heavy atom. The Morgan fingerprint density at radius 2 is 2.11 bits per heavy atom. The topological polar surface area (TPSA) is 64.9 Å². The monoisotopic (exact) mass is 267 g/mol. The first-order chi connectivity index (χ1) is 8.69. The highest BCUT2D eigenvalue weighted by Gasteiger charge is 2.34. The lowest BCUT2D eigenvalue weighted by Crippen LogP contribution is -2.39. The summed E-state index contributed by atoms with van der Waals surface area (Å²) in [6.45, 7) is 0. The van der Waals surface area contributed by atoms with Crippen molar-refractivity contribution < 1.29 is 8.91 Å². The third-order valence-electron chi connectivity index (χ3n) is 3.43. The fourth-order valence-corrected chi connectivity index (χ4v) is 3.06. The Kier molecular flexibility index (Phi) is 2.91. The summed E-state index contributed by atoms with van der Waals surface area (Å²) in [6, 6.07) is 1.39. The Labute approximate surface area is 108 Å². The van der Waals surface area contributed by atoms with Gasteiger partial charge in [0.15, 0.2) is 5.82 Å². The van der Waals surface area contributed by atoms with E-state index in [1.165, 1.54) is 23.8 Å². The quantitative estimate of drug-likeness (QED) is 0.908. The van der Waals surface area contributed by atoms with Crippen molar-refractivity contribution in [3.63, 3.8) is 0 Å². The molecule has 0 spiro atoms. The Hall–Kier alpha value is -1.27. The number of thiophene rings is 1. The average molecular weight is 267 g/mol. The smallest absolute Gasteiger partial charge is 0.271 e. The van der Waals surface area contributed by atoms with Gasteiger partial charge in [-0.25, -0.2) is 4.39 Å². The zero-order chi connectivity index (χ0) is 12.6. The van der Waals surface area contributed by atoms with Gasteiger partial charge >= 0.3 is 0 Å². The molecule has 2 N–H and O–H groups in total. The van der Waals surface area contributed by atoms with Crippen LogP contribution in [0.2, 0.25) is 0 Å². The predicted octanol–water partition coefficient (Wildman–Crippen LogP) is 3.06. The normalized spacial score (nSPS) is 19.0. The second-order valence-electron chi connectivity index (χ2n) is 4.74. The van der Waals surface area contributed by atoms with Crippen LogP contribution in [0.3, 0.4) is 0 Å². The van der Waals surface area contributed by atoms with Crippen LogP contribution >= 0.6 is 11.3 Å². The number of rotatable bonds is 2. The van der Waals surface area contributed by atoms with Crippen molar-refractivity contribution in [2.45, 2.75) is 37.6 Å². The van der Waals surface area contributed by atoms with Crippen molar-refractivity contribution in [3.05, 3.63) is 23.1 Å². The molecule has 18 heavy (non-hydrogen) atoms. The molecule has 4 nitrogen and oxygen atoms in total. The lowest BCUT2D eigenvalue weighted by Gasteiger charge is -2.29. The SMILES string of the molecule is NC1(c2noc(-c3sccc3F)n2)CCCCC1. The maximum Gasteiger partial charge on any atom is 0.271 e. The standard InChI is InChI=1S/C12H14FN3OS/c13-8-4-7-18-9(8)10-15-11(16-17-10)12(14)5-2-1-3-6-12/h4,7H,1-3,5-6,14H2. The molecule has 0 radical (unpaired) electrons. The summed E-state index contributed by atoms with van der Waals surface area (Å²) in [5, 5.41) is 5.60. The molecular formula is C12H14FN3OS. The van der Waals surface area contributed by atoms with Gasteiger partial charge < -0.3 is 10.3 Å². The van der Waals surface area contributed by atoms with E-state index in [1.807, 2.05) is 0 Å². The van der Waals surface area contributed by atoms with Crippen LogP contribution in [0.25, 0.3) is 10.8 Å². The first-order valence-electron chi connectivity index (χ1n) is 6.05. The summed E-state index contributed by atoms with van der Waals surface area (Å²) in [5.74, 6) is 0.405. The zero-order valence-corrected chi connectivity index (χ0v) is 10.7. The third-order valence-corrected chi connectivity index (χ3v) is 4.31. The van der Waals surface area contributed by atoms with Gasteiger partial charge in [-0.3, -0.25) is 0 Å². The number of hydrogen-bond acceptors (Lipinski definition) is 5. The second kappa shape index (κ2) is 4.44. The van der Waals surface area contributed by atoms with Crippen LogP contribution in [0.4, 0.5) is 4.39 Å². The lowest BCUT2D eigenvalue weighted by molar-refractivity contribution is 0.275. The fourth-order valence-electron chi connectivity index (χ4n) is 2.37. The average Bonchev–Trinajstić information content (AvgIpc) is 2.98. The van der Waals surface area contributed by atoms with Crippen LogP contribution in [-0.4, -0.2) is 10.1 Å². The van der Waals surface area contributed by atoms with E-state index >= 15 is 0 Å². The molecule has 2 heterocycles. The second-order valence-corrected chi connectivity index (χ2v) is 5.65. The lowest BCUT2D eigenvalue weighted by atomic mass is 9.82. The van der Waals surface area contributed by atoms with E-state index in [4.69, 9.17) is 10.3 Å². The van der Waals surface area contributed by atoms with Crippen LogP contribution in [0.1, 0.15) is 37.9 Å². The molecule has 0 aliphatic heterocycles. The van der Waals surface area contributed by atoms with Crippen molar-refractivity contribution in [3.8, 4) is 10.8 Å². The molecule has 0 aromatic carbocycles. The largest absolute Gasteiger partial charge is 0.333 e. The molecule has 0 bridgehead atoms. The highest BCUT2D eigenvalue weighted by atomic mass is 32.1. The van der Waals surface area contributed by atoms with Crippen molar-refractivity contribution in [1.29, 1.82) is 0 Å². The summed E-state index contributed by atoms with van der Waals surface area (Å²) in [7, 11) is 0.